The molecule has 2 aromatic rings. The molecular weight excluding hydrogens is 936 g/mol. The minimum absolute atomic E-state index is 0.0156. The van der Waals surface area contributed by atoms with Gasteiger partial charge in [-0.1, -0.05) is 97.4 Å². The highest BCUT2D eigenvalue weighted by atomic mass is 32.2. The van der Waals surface area contributed by atoms with Gasteiger partial charge in [0.2, 0.25) is 23.6 Å². The van der Waals surface area contributed by atoms with Crippen molar-refractivity contribution in [2.45, 2.75) is 141 Å². The van der Waals surface area contributed by atoms with Gasteiger partial charge in [-0.05, 0) is 68.0 Å². The number of halogens is 3. The van der Waals surface area contributed by atoms with Crippen molar-refractivity contribution in [1.29, 1.82) is 0 Å². The van der Waals surface area contributed by atoms with Crippen molar-refractivity contribution in [3.05, 3.63) is 65.7 Å². The second kappa shape index (κ2) is 26.4. The molecule has 70 heavy (non-hydrogen) atoms. The molecule has 0 aromatic heterocycles. The number of ether oxygens (including phenoxy) is 2. The number of nitrogens with zero attached hydrogens (tertiary/aromatic N) is 3. The van der Waals surface area contributed by atoms with Gasteiger partial charge in [-0.15, -0.1) is 0 Å². The quantitative estimate of drug-likeness (QED) is 0.112. The molecule has 3 rings (SSSR count). The lowest BCUT2D eigenvalue weighted by molar-refractivity contribution is -0.173. The lowest BCUT2D eigenvalue weighted by Gasteiger charge is -2.41. The molecule has 0 radical (unpaired) electrons. The van der Waals surface area contributed by atoms with Crippen LogP contribution in [0.1, 0.15) is 85.3 Å². The number of carbonyl (C=O) groups is 6. The summed E-state index contributed by atoms with van der Waals surface area (Å²) in [5.74, 6) is -6.13. The fourth-order valence-electron chi connectivity index (χ4n) is 9.11. The number of rotatable bonds is 25. The first kappa shape index (κ1) is 59.2. The maximum atomic E-state index is 14.4. The predicted octanol–water partition coefficient (Wildman–Crippen LogP) is 4.04. The number of benzene rings is 2. The second-order valence-electron chi connectivity index (χ2n) is 19.0. The molecule has 0 bridgehead atoms. The van der Waals surface area contributed by atoms with E-state index in [0.29, 0.717) is 31.4 Å². The van der Waals surface area contributed by atoms with Crippen molar-refractivity contribution in [2.24, 2.45) is 23.7 Å². The molecule has 2 aromatic carbocycles. The van der Waals surface area contributed by atoms with Gasteiger partial charge in [0.1, 0.15) is 12.1 Å². The van der Waals surface area contributed by atoms with Crippen LogP contribution in [0.25, 0.3) is 0 Å². The van der Waals surface area contributed by atoms with Crippen molar-refractivity contribution in [2.75, 3.05) is 41.9 Å². The molecular formula is C49H74F3N7O10S. The first-order chi connectivity index (χ1) is 32.7. The van der Waals surface area contributed by atoms with Gasteiger partial charge in [-0.2, -0.15) is 13.2 Å². The zero-order valence-electron chi connectivity index (χ0n) is 42.5. The molecule has 1 saturated heterocycles. The van der Waals surface area contributed by atoms with Gasteiger partial charge in [0.15, 0.2) is 0 Å². The second-order valence-corrected chi connectivity index (χ2v) is 20.7. The Morgan fingerprint density at radius 1 is 0.814 bits per heavy atom. The molecule has 9 atom stereocenters. The van der Waals surface area contributed by atoms with E-state index in [2.05, 4.69) is 10.6 Å². The van der Waals surface area contributed by atoms with Gasteiger partial charge in [-0.25, -0.2) is 13.1 Å². The number of carbonyl (C=O) groups excluding carboxylic acids is 6. The van der Waals surface area contributed by atoms with Gasteiger partial charge in [0.05, 0.1) is 47.6 Å². The topological polar surface area (TPSA) is 213 Å². The molecule has 1 heterocycles. The molecule has 0 spiro atoms. The number of likely N-dealkylation sites (tertiary alicyclic amines) is 1. The van der Waals surface area contributed by atoms with Crippen molar-refractivity contribution >= 4 is 45.5 Å². The average Bonchev–Trinajstić information content (AvgIpc) is 3.78. The van der Waals surface area contributed by atoms with E-state index in [1.165, 1.54) is 26.4 Å². The monoisotopic (exact) mass is 1010 g/mol. The molecule has 4 N–H and O–H groups in total. The van der Waals surface area contributed by atoms with Crippen LogP contribution >= 0.6 is 0 Å². The summed E-state index contributed by atoms with van der Waals surface area (Å²) >= 11 is 0. The molecule has 0 aliphatic carbocycles. The van der Waals surface area contributed by atoms with Crippen LogP contribution < -0.4 is 20.7 Å². The van der Waals surface area contributed by atoms with E-state index in [1.54, 1.807) is 59.4 Å². The van der Waals surface area contributed by atoms with E-state index in [9.17, 15) is 50.4 Å². The Morgan fingerprint density at radius 3 is 1.94 bits per heavy atom. The number of hydrogen-bond acceptors (Lipinski definition) is 11. The number of alkyl halides is 3. The fraction of sp³-hybridized carbons (Fsp3) is 0.633. The van der Waals surface area contributed by atoms with Crippen LogP contribution in [-0.4, -0.2) is 149 Å². The van der Waals surface area contributed by atoms with Crippen LogP contribution in [-0.2, 0) is 61.2 Å². The summed E-state index contributed by atoms with van der Waals surface area (Å²) in [6.07, 6.45) is -5.24. The van der Waals surface area contributed by atoms with Crippen molar-refractivity contribution in [3.8, 4) is 0 Å². The summed E-state index contributed by atoms with van der Waals surface area (Å²) in [5, 5.41) is 7.39. The summed E-state index contributed by atoms with van der Waals surface area (Å²) in [6.45, 7) is 13.0. The van der Waals surface area contributed by atoms with E-state index >= 15 is 0 Å². The fourth-order valence-corrected chi connectivity index (χ4v) is 10.1. The Morgan fingerprint density at radius 2 is 1.43 bits per heavy atom. The molecule has 392 valence electrons. The van der Waals surface area contributed by atoms with Crippen LogP contribution in [0, 0.1) is 23.7 Å². The maximum absolute atomic E-state index is 14.4. The van der Waals surface area contributed by atoms with Gasteiger partial charge >= 0.3 is 12.1 Å². The number of nitrogens with one attached hydrogen (secondary N) is 4. The first-order valence-corrected chi connectivity index (χ1v) is 25.1. The molecule has 6 amide bonds. The van der Waals surface area contributed by atoms with Gasteiger partial charge in [0.25, 0.3) is 15.9 Å². The van der Waals surface area contributed by atoms with E-state index in [1.807, 2.05) is 65.3 Å². The highest BCUT2D eigenvalue weighted by molar-refractivity contribution is 7.90. The summed E-state index contributed by atoms with van der Waals surface area (Å²) in [4.78, 5) is 86.1. The Kier molecular flexibility index (Phi) is 22.3. The summed E-state index contributed by atoms with van der Waals surface area (Å²) in [5.41, 5.74) is 0.756. The first-order valence-electron chi connectivity index (χ1n) is 23.6. The SMILES string of the molecule is CC[C@H](C)[C@@H]([C@@H](CC(=O)N1CCC[C@H]1[C@H](OC)[C@@H](C)C(=O)N[C@@H](Cc1ccccc1)C(=O)NS(=O)(=O)c1ccc(CNC(=O)C(F)(F)F)cc1)OC)N(C)C(=O)[C@@H](NC(=O)[C@H](C(C)C)N(C)C)C(C)C. The summed E-state index contributed by atoms with van der Waals surface area (Å²) in [7, 11) is 3.62. The lowest BCUT2D eigenvalue weighted by atomic mass is 9.89. The molecule has 21 heteroatoms. The number of sulfonamides is 1. The number of amides is 6. The van der Waals surface area contributed by atoms with E-state index in [-0.39, 0.29) is 53.9 Å². The average molecular weight is 1010 g/mol. The smallest absolute Gasteiger partial charge is 0.379 e. The Hall–Kier alpha value is -5.12. The number of hydrogen-bond donors (Lipinski definition) is 4. The third-order valence-electron chi connectivity index (χ3n) is 13.0. The third-order valence-corrected chi connectivity index (χ3v) is 14.4. The van der Waals surface area contributed by atoms with E-state index < -0.39 is 93.7 Å². The van der Waals surface area contributed by atoms with Crippen molar-refractivity contribution < 1.29 is 59.8 Å². The van der Waals surface area contributed by atoms with Crippen LogP contribution in [0.15, 0.2) is 59.5 Å². The van der Waals surface area contributed by atoms with Crippen LogP contribution in [0.5, 0.6) is 0 Å². The molecule has 1 aliphatic heterocycles. The highest BCUT2D eigenvalue weighted by Crippen LogP contribution is 2.30. The Labute approximate surface area is 411 Å². The Balaban J connectivity index is 1.82. The van der Waals surface area contributed by atoms with Gasteiger partial charge in [-0.3, -0.25) is 33.7 Å². The van der Waals surface area contributed by atoms with Crippen LogP contribution in [0.2, 0.25) is 0 Å². The maximum Gasteiger partial charge on any atom is 0.471 e. The van der Waals surface area contributed by atoms with Gasteiger partial charge < -0.3 is 35.2 Å². The molecule has 0 saturated carbocycles. The van der Waals surface area contributed by atoms with Crippen molar-refractivity contribution in [3.63, 3.8) is 0 Å². The van der Waals surface area contributed by atoms with Crippen molar-refractivity contribution in [1.82, 2.24) is 35.4 Å². The molecule has 1 fully saturated rings. The standard InChI is InChI=1S/C49H74F3N7O10S/c1-13-31(6)42(58(10)47(64)40(29(2)3)55-46(63)41(30(4)5)57(8)9)38(68-11)27-39(60)59-25-17-20-37(59)43(69-12)32(7)44(61)54-36(26-33-18-15-14-16-19-33)45(62)56-70(66,67)35-23-21-34(22-24-35)28-53-48(65)49(50,51)52/h14-16,18-19,21-24,29-32,36-38,40-43H,13,17,20,25-28H2,1-12H3,(H,53,65)(H,54,61)(H,55,63)(H,56,62)/t31-,32+,36-,37-,38+,40-,41-,42-,43+/m0/s1. The molecule has 0 unspecified atom stereocenters. The number of methoxy groups -OCH3 is 2. The Bertz CT molecular complexity index is 2170. The minimum atomic E-state index is -5.10. The zero-order valence-corrected chi connectivity index (χ0v) is 43.3. The summed E-state index contributed by atoms with van der Waals surface area (Å²) < 4.78 is 78.7. The van der Waals surface area contributed by atoms with Crippen LogP contribution in [0.3, 0.4) is 0 Å². The molecule has 17 nitrogen and oxygen atoms in total. The lowest BCUT2D eigenvalue weighted by Crippen LogP contribution is -2.59. The zero-order chi connectivity index (χ0) is 52.8. The van der Waals surface area contributed by atoms with E-state index in [4.69, 9.17) is 9.47 Å². The van der Waals surface area contributed by atoms with Crippen LogP contribution in [0.4, 0.5) is 13.2 Å². The third kappa shape index (κ3) is 15.9. The number of likely N-dealkylation sites (N-methyl/N-ethyl adjacent to an activating group) is 2. The van der Waals surface area contributed by atoms with E-state index in [0.717, 1.165) is 12.1 Å². The molecule has 1 aliphatic rings. The van der Waals surface area contributed by atoms with Gasteiger partial charge in [0, 0.05) is 40.8 Å². The highest BCUT2D eigenvalue weighted by Gasteiger charge is 2.44. The minimum Gasteiger partial charge on any atom is -0.379 e. The predicted molar refractivity (Wildman–Crippen MR) is 257 cm³/mol. The largest absolute Gasteiger partial charge is 0.471 e. The normalized spacial score (nSPS) is 17.7. The summed E-state index contributed by atoms with van der Waals surface area (Å²) in [6, 6.07) is 9.16.